The van der Waals surface area contributed by atoms with Gasteiger partial charge in [-0.25, -0.2) is 0 Å². The van der Waals surface area contributed by atoms with Crippen LogP contribution in [-0.2, 0) is 15.0 Å². The number of carbonyl (C=O) groups excluding carboxylic acids is 2. The lowest BCUT2D eigenvalue weighted by molar-refractivity contribution is -0.119. The molecule has 2 rings (SSSR count). The Bertz CT molecular complexity index is 825. The molecule has 5 nitrogen and oxygen atoms in total. The first kappa shape index (κ1) is 22.2. The number of halogens is 2. The summed E-state index contributed by atoms with van der Waals surface area (Å²) in [5, 5.41) is 6.24. The molecule has 0 unspecified atom stereocenters. The number of carbonyl (C=O) groups is 2. The first-order chi connectivity index (χ1) is 13.1. The molecular weight excluding hydrogens is 397 g/mol. The maximum Gasteiger partial charge on any atom is 0.238 e. The lowest BCUT2D eigenvalue weighted by Crippen LogP contribution is -2.36. The standard InChI is InChI=1S/C21H25Cl2N3O2/c1-21(2,3)14-8-10-15(11-9-14)24-18(27)12-26(4)13-19(28)25-20-16(22)6-5-7-17(20)23/h5-11H,12-13H2,1-4H3,(H,24,27)(H,25,28). The molecule has 7 heteroatoms. The zero-order chi connectivity index (χ0) is 20.9. The smallest absolute Gasteiger partial charge is 0.238 e. The van der Waals surface area contributed by atoms with Crippen molar-refractivity contribution in [1.82, 2.24) is 4.90 Å². The highest BCUT2D eigenvalue weighted by Crippen LogP contribution is 2.29. The van der Waals surface area contributed by atoms with Gasteiger partial charge >= 0.3 is 0 Å². The summed E-state index contributed by atoms with van der Waals surface area (Å²) in [5.74, 6) is -0.505. The number of rotatable bonds is 6. The van der Waals surface area contributed by atoms with E-state index >= 15 is 0 Å². The van der Waals surface area contributed by atoms with Crippen molar-refractivity contribution in [1.29, 1.82) is 0 Å². The van der Waals surface area contributed by atoms with Crippen molar-refractivity contribution in [2.75, 3.05) is 30.8 Å². The van der Waals surface area contributed by atoms with Crippen molar-refractivity contribution in [2.24, 2.45) is 0 Å². The second-order valence-corrected chi connectivity index (χ2v) is 8.51. The summed E-state index contributed by atoms with van der Waals surface area (Å²) in [4.78, 5) is 26.0. The Morgan fingerprint density at radius 3 is 1.89 bits per heavy atom. The Balaban J connectivity index is 1.86. The average molecular weight is 422 g/mol. The number of anilines is 2. The van der Waals surface area contributed by atoms with Gasteiger partial charge in [0.25, 0.3) is 0 Å². The molecule has 2 aromatic rings. The fraction of sp³-hybridized carbons (Fsp3) is 0.333. The van der Waals surface area contributed by atoms with E-state index < -0.39 is 0 Å². The molecule has 0 spiro atoms. The van der Waals surface area contributed by atoms with E-state index in [2.05, 4.69) is 31.4 Å². The summed E-state index contributed by atoms with van der Waals surface area (Å²) >= 11 is 12.1. The SMILES string of the molecule is CN(CC(=O)Nc1ccc(C(C)(C)C)cc1)CC(=O)Nc1c(Cl)cccc1Cl. The monoisotopic (exact) mass is 421 g/mol. The van der Waals surface area contributed by atoms with Gasteiger partial charge in [0.2, 0.25) is 11.8 Å². The fourth-order valence-electron chi connectivity index (χ4n) is 2.60. The van der Waals surface area contributed by atoms with Gasteiger partial charge in [0.15, 0.2) is 0 Å². The Morgan fingerprint density at radius 2 is 1.39 bits per heavy atom. The number of para-hydroxylation sites is 1. The van der Waals surface area contributed by atoms with E-state index in [0.717, 1.165) is 5.69 Å². The molecule has 0 aromatic heterocycles. The van der Waals surface area contributed by atoms with E-state index in [9.17, 15) is 9.59 Å². The van der Waals surface area contributed by atoms with Crippen molar-refractivity contribution < 1.29 is 9.59 Å². The van der Waals surface area contributed by atoms with Gasteiger partial charge in [-0.3, -0.25) is 14.5 Å². The normalized spacial score (nSPS) is 11.4. The van der Waals surface area contributed by atoms with Gasteiger partial charge in [-0.15, -0.1) is 0 Å². The van der Waals surface area contributed by atoms with Crippen LogP contribution in [0.25, 0.3) is 0 Å². The maximum absolute atomic E-state index is 12.2. The van der Waals surface area contributed by atoms with Crippen LogP contribution >= 0.6 is 23.2 Å². The Kier molecular flexibility index (Phi) is 7.47. The van der Waals surface area contributed by atoms with Gasteiger partial charge in [0.05, 0.1) is 28.8 Å². The van der Waals surface area contributed by atoms with Crippen LogP contribution in [0.2, 0.25) is 10.0 Å². The number of hydrogen-bond donors (Lipinski definition) is 2. The van der Waals surface area contributed by atoms with Crippen molar-refractivity contribution in [3.63, 3.8) is 0 Å². The van der Waals surface area contributed by atoms with Gasteiger partial charge in [-0.2, -0.15) is 0 Å². The quantitative estimate of drug-likeness (QED) is 0.703. The summed E-state index contributed by atoms with van der Waals surface area (Å²) in [6.07, 6.45) is 0. The number of nitrogens with one attached hydrogen (secondary N) is 2. The number of nitrogens with zero attached hydrogens (tertiary/aromatic N) is 1. The van der Waals surface area contributed by atoms with Crippen molar-refractivity contribution >= 4 is 46.4 Å². The molecule has 0 heterocycles. The molecule has 0 fully saturated rings. The molecule has 2 N–H and O–H groups in total. The molecule has 2 aromatic carbocycles. The topological polar surface area (TPSA) is 61.4 Å². The highest BCUT2D eigenvalue weighted by atomic mass is 35.5. The minimum atomic E-state index is -0.306. The van der Waals surface area contributed by atoms with Gasteiger partial charge < -0.3 is 10.6 Å². The summed E-state index contributed by atoms with van der Waals surface area (Å²) in [5.41, 5.74) is 2.34. The minimum Gasteiger partial charge on any atom is -0.325 e. The van der Waals surface area contributed by atoms with Crippen molar-refractivity contribution in [3.05, 3.63) is 58.1 Å². The van der Waals surface area contributed by atoms with E-state index in [0.29, 0.717) is 15.7 Å². The lowest BCUT2D eigenvalue weighted by Gasteiger charge is -2.19. The first-order valence-corrected chi connectivity index (χ1v) is 9.64. The van der Waals surface area contributed by atoms with E-state index in [-0.39, 0.29) is 30.3 Å². The number of hydrogen-bond acceptors (Lipinski definition) is 3. The third-order valence-electron chi connectivity index (χ3n) is 4.09. The van der Waals surface area contributed by atoms with E-state index in [1.807, 2.05) is 24.3 Å². The van der Waals surface area contributed by atoms with Gasteiger partial charge in [0.1, 0.15) is 0 Å². The van der Waals surface area contributed by atoms with Crippen LogP contribution in [0.4, 0.5) is 11.4 Å². The molecule has 0 saturated heterocycles. The molecule has 150 valence electrons. The molecule has 2 amide bonds. The number of benzene rings is 2. The second-order valence-electron chi connectivity index (χ2n) is 7.69. The lowest BCUT2D eigenvalue weighted by atomic mass is 9.87. The van der Waals surface area contributed by atoms with E-state index in [1.54, 1.807) is 30.1 Å². The van der Waals surface area contributed by atoms with E-state index in [4.69, 9.17) is 23.2 Å². The molecule has 0 aliphatic carbocycles. The molecule has 0 aliphatic heterocycles. The van der Waals surface area contributed by atoms with Crippen LogP contribution in [-0.4, -0.2) is 36.9 Å². The Morgan fingerprint density at radius 1 is 0.893 bits per heavy atom. The summed E-state index contributed by atoms with van der Waals surface area (Å²) < 4.78 is 0. The van der Waals surface area contributed by atoms with Crippen molar-refractivity contribution in [3.8, 4) is 0 Å². The largest absolute Gasteiger partial charge is 0.325 e. The molecule has 0 radical (unpaired) electrons. The first-order valence-electron chi connectivity index (χ1n) is 8.89. The number of amides is 2. The number of likely N-dealkylation sites (N-methyl/N-ethyl adjacent to an activating group) is 1. The molecule has 28 heavy (non-hydrogen) atoms. The molecule has 0 saturated carbocycles. The highest BCUT2D eigenvalue weighted by Gasteiger charge is 2.15. The van der Waals surface area contributed by atoms with Crippen LogP contribution in [0, 0.1) is 0 Å². The van der Waals surface area contributed by atoms with Crippen LogP contribution in [0.1, 0.15) is 26.3 Å². The van der Waals surface area contributed by atoms with Crippen LogP contribution in [0.5, 0.6) is 0 Å². The van der Waals surface area contributed by atoms with Gasteiger partial charge in [-0.1, -0.05) is 62.2 Å². The Labute approximate surface area is 176 Å². The summed E-state index contributed by atoms with van der Waals surface area (Å²) in [6.45, 7) is 6.51. The fourth-order valence-corrected chi connectivity index (χ4v) is 3.09. The van der Waals surface area contributed by atoms with Crippen molar-refractivity contribution in [2.45, 2.75) is 26.2 Å². The third-order valence-corrected chi connectivity index (χ3v) is 4.72. The second kappa shape index (κ2) is 9.41. The zero-order valence-electron chi connectivity index (χ0n) is 16.5. The van der Waals surface area contributed by atoms with E-state index in [1.165, 1.54) is 5.56 Å². The zero-order valence-corrected chi connectivity index (χ0v) is 18.0. The summed E-state index contributed by atoms with van der Waals surface area (Å²) in [7, 11) is 1.69. The van der Waals surface area contributed by atoms with Crippen LogP contribution < -0.4 is 10.6 Å². The van der Waals surface area contributed by atoms with Gasteiger partial charge in [0, 0.05) is 5.69 Å². The van der Waals surface area contributed by atoms with Crippen LogP contribution in [0.3, 0.4) is 0 Å². The maximum atomic E-state index is 12.2. The predicted molar refractivity (Wildman–Crippen MR) is 116 cm³/mol. The molecule has 0 atom stereocenters. The third kappa shape index (κ3) is 6.51. The van der Waals surface area contributed by atoms with Gasteiger partial charge in [-0.05, 0) is 42.3 Å². The molecular formula is C21H25Cl2N3O2. The highest BCUT2D eigenvalue weighted by molar-refractivity contribution is 6.39. The average Bonchev–Trinajstić information content (AvgIpc) is 2.57. The Hall–Kier alpha value is -2.08. The summed E-state index contributed by atoms with van der Waals surface area (Å²) in [6, 6.07) is 12.7. The van der Waals surface area contributed by atoms with Crippen LogP contribution in [0.15, 0.2) is 42.5 Å². The predicted octanol–water partition coefficient (Wildman–Crippen LogP) is 4.80. The molecule has 0 bridgehead atoms. The minimum absolute atomic E-state index is 0.0257. The molecule has 0 aliphatic rings.